The largest absolute Gasteiger partial charge is 0.398 e. The van der Waals surface area contributed by atoms with Gasteiger partial charge in [0, 0.05) is 18.3 Å². The second kappa shape index (κ2) is 4.69. The summed E-state index contributed by atoms with van der Waals surface area (Å²) >= 11 is 3.39. The van der Waals surface area contributed by atoms with E-state index in [2.05, 4.69) is 29.8 Å². The highest BCUT2D eigenvalue weighted by Crippen LogP contribution is 2.29. The van der Waals surface area contributed by atoms with Crippen LogP contribution >= 0.6 is 15.9 Å². The lowest BCUT2D eigenvalue weighted by Gasteiger charge is -2.22. The number of nitrogen functional groups attached to an aromatic ring is 1. The molecule has 1 aliphatic rings. The molecule has 2 atom stereocenters. The van der Waals surface area contributed by atoms with E-state index >= 15 is 0 Å². The van der Waals surface area contributed by atoms with E-state index in [1.54, 1.807) is 6.07 Å². The van der Waals surface area contributed by atoms with Crippen LogP contribution in [-0.4, -0.2) is 23.4 Å². The van der Waals surface area contributed by atoms with Crippen LogP contribution in [-0.2, 0) is 0 Å². The number of rotatable bonds is 1. The van der Waals surface area contributed by atoms with Crippen LogP contribution < -0.4 is 5.73 Å². The summed E-state index contributed by atoms with van der Waals surface area (Å²) in [7, 11) is 0. The van der Waals surface area contributed by atoms with E-state index in [-0.39, 0.29) is 5.91 Å². The van der Waals surface area contributed by atoms with Gasteiger partial charge in [-0.25, -0.2) is 0 Å². The molecule has 0 bridgehead atoms. The van der Waals surface area contributed by atoms with Gasteiger partial charge < -0.3 is 10.6 Å². The summed E-state index contributed by atoms with van der Waals surface area (Å²) < 4.78 is 0.705. The van der Waals surface area contributed by atoms with Gasteiger partial charge in [0.25, 0.3) is 5.91 Å². The van der Waals surface area contributed by atoms with Crippen molar-refractivity contribution in [3.8, 4) is 0 Å². The lowest BCUT2D eigenvalue weighted by atomic mass is 10.1. The topological polar surface area (TPSA) is 46.3 Å². The van der Waals surface area contributed by atoms with E-state index in [0.717, 1.165) is 13.0 Å². The standard InChI is InChI=1S/C13H17BrN2O/c1-8-6-9(2)16(7-8)13(17)10-4-3-5-11(15)12(10)14/h3-5,8-9H,6-7,15H2,1-2H3. The quantitative estimate of drug-likeness (QED) is 0.810. The highest BCUT2D eigenvalue weighted by Gasteiger charge is 2.31. The third-order valence-corrected chi connectivity index (χ3v) is 4.19. The van der Waals surface area contributed by atoms with E-state index in [1.165, 1.54) is 0 Å². The Labute approximate surface area is 110 Å². The maximum Gasteiger partial charge on any atom is 0.255 e. The third-order valence-electron chi connectivity index (χ3n) is 3.30. The van der Waals surface area contributed by atoms with Crippen molar-refractivity contribution in [1.82, 2.24) is 4.90 Å². The minimum absolute atomic E-state index is 0.0704. The van der Waals surface area contributed by atoms with Crippen molar-refractivity contribution in [2.45, 2.75) is 26.3 Å². The SMILES string of the molecule is CC1CC(C)N(C(=O)c2cccc(N)c2Br)C1. The lowest BCUT2D eigenvalue weighted by Crippen LogP contribution is -2.34. The minimum Gasteiger partial charge on any atom is -0.398 e. The van der Waals surface area contributed by atoms with E-state index in [4.69, 9.17) is 5.73 Å². The molecule has 1 aromatic rings. The Morgan fingerprint density at radius 2 is 2.18 bits per heavy atom. The molecule has 1 aromatic carbocycles. The monoisotopic (exact) mass is 296 g/mol. The summed E-state index contributed by atoms with van der Waals surface area (Å²) in [5.41, 5.74) is 7.07. The summed E-state index contributed by atoms with van der Waals surface area (Å²) in [5, 5.41) is 0. The first-order valence-corrected chi connectivity index (χ1v) is 6.65. The van der Waals surface area contributed by atoms with Gasteiger partial charge in [-0.05, 0) is 47.3 Å². The first-order chi connectivity index (χ1) is 8.00. The van der Waals surface area contributed by atoms with Gasteiger partial charge in [0.05, 0.1) is 10.0 Å². The first-order valence-electron chi connectivity index (χ1n) is 5.85. The Morgan fingerprint density at radius 1 is 1.47 bits per heavy atom. The highest BCUT2D eigenvalue weighted by atomic mass is 79.9. The van der Waals surface area contributed by atoms with Crippen molar-refractivity contribution in [3.05, 3.63) is 28.2 Å². The lowest BCUT2D eigenvalue weighted by molar-refractivity contribution is 0.0743. The molecule has 1 aliphatic heterocycles. The Bertz CT molecular complexity index is 447. The van der Waals surface area contributed by atoms with Gasteiger partial charge in [-0.3, -0.25) is 4.79 Å². The molecule has 0 radical (unpaired) electrons. The van der Waals surface area contributed by atoms with Gasteiger partial charge >= 0.3 is 0 Å². The van der Waals surface area contributed by atoms with Crippen LogP contribution in [0.15, 0.2) is 22.7 Å². The molecule has 0 spiro atoms. The second-order valence-corrected chi connectivity index (χ2v) is 5.65. The summed E-state index contributed by atoms with van der Waals surface area (Å²) in [6.07, 6.45) is 1.08. The molecule has 92 valence electrons. The van der Waals surface area contributed by atoms with Crippen molar-refractivity contribution >= 4 is 27.5 Å². The van der Waals surface area contributed by atoms with Crippen LogP contribution in [0.2, 0.25) is 0 Å². The van der Waals surface area contributed by atoms with Gasteiger partial charge in [-0.2, -0.15) is 0 Å². The van der Waals surface area contributed by atoms with Crippen molar-refractivity contribution in [1.29, 1.82) is 0 Å². The summed E-state index contributed by atoms with van der Waals surface area (Å²) in [4.78, 5) is 14.4. The summed E-state index contributed by atoms with van der Waals surface area (Å²) in [6, 6.07) is 5.73. The molecule has 1 saturated heterocycles. The Hall–Kier alpha value is -1.03. The molecular formula is C13H17BrN2O. The Morgan fingerprint density at radius 3 is 2.76 bits per heavy atom. The first kappa shape index (κ1) is 12.4. The number of hydrogen-bond acceptors (Lipinski definition) is 2. The van der Waals surface area contributed by atoms with E-state index < -0.39 is 0 Å². The molecule has 0 aliphatic carbocycles. The summed E-state index contributed by atoms with van der Waals surface area (Å²) in [6.45, 7) is 5.11. The van der Waals surface area contributed by atoms with E-state index in [9.17, 15) is 4.79 Å². The second-order valence-electron chi connectivity index (χ2n) is 4.86. The number of halogens is 1. The number of likely N-dealkylation sites (tertiary alicyclic amines) is 1. The predicted octanol–water partition coefficient (Wildman–Crippen LogP) is 2.90. The fourth-order valence-electron chi connectivity index (χ4n) is 2.45. The molecule has 0 saturated carbocycles. The fourth-order valence-corrected chi connectivity index (χ4v) is 2.89. The molecule has 3 nitrogen and oxygen atoms in total. The molecule has 2 unspecified atom stereocenters. The molecular weight excluding hydrogens is 280 g/mol. The molecule has 1 fully saturated rings. The predicted molar refractivity (Wildman–Crippen MR) is 72.8 cm³/mol. The van der Waals surface area contributed by atoms with Gasteiger partial charge in [0.15, 0.2) is 0 Å². The van der Waals surface area contributed by atoms with Crippen molar-refractivity contribution in [2.75, 3.05) is 12.3 Å². The molecule has 4 heteroatoms. The number of carbonyl (C=O) groups excluding carboxylic acids is 1. The van der Waals surface area contributed by atoms with E-state index in [1.807, 2.05) is 17.0 Å². The number of benzene rings is 1. The molecule has 1 heterocycles. The molecule has 2 N–H and O–H groups in total. The Kier molecular flexibility index (Phi) is 3.43. The zero-order chi connectivity index (χ0) is 12.6. The maximum absolute atomic E-state index is 12.4. The average Bonchev–Trinajstić information content (AvgIpc) is 2.61. The van der Waals surface area contributed by atoms with Gasteiger partial charge in [0.2, 0.25) is 0 Å². The van der Waals surface area contributed by atoms with Crippen molar-refractivity contribution in [3.63, 3.8) is 0 Å². The van der Waals surface area contributed by atoms with Crippen LogP contribution in [0, 0.1) is 5.92 Å². The average molecular weight is 297 g/mol. The van der Waals surface area contributed by atoms with Crippen LogP contribution in [0.5, 0.6) is 0 Å². The van der Waals surface area contributed by atoms with Gasteiger partial charge in [-0.1, -0.05) is 13.0 Å². The van der Waals surface area contributed by atoms with Crippen LogP contribution in [0.1, 0.15) is 30.6 Å². The van der Waals surface area contributed by atoms with Crippen LogP contribution in [0.25, 0.3) is 0 Å². The van der Waals surface area contributed by atoms with Crippen LogP contribution in [0.3, 0.4) is 0 Å². The van der Waals surface area contributed by atoms with Gasteiger partial charge in [-0.15, -0.1) is 0 Å². The molecule has 2 rings (SSSR count). The molecule has 0 aromatic heterocycles. The highest BCUT2D eigenvalue weighted by molar-refractivity contribution is 9.10. The van der Waals surface area contributed by atoms with E-state index in [0.29, 0.717) is 27.7 Å². The fraction of sp³-hybridized carbons (Fsp3) is 0.462. The van der Waals surface area contributed by atoms with Crippen molar-refractivity contribution in [2.24, 2.45) is 5.92 Å². The number of carbonyl (C=O) groups is 1. The number of hydrogen-bond donors (Lipinski definition) is 1. The smallest absolute Gasteiger partial charge is 0.255 e. The number of amides is 1. The summed E-state index contributed by atoms with van der Waals surface area (Å²) in [5.74, 6) is 0.648. The zero-order valence-corrected chi connectivity index (χ0v) is 11.7. The number of nitrogens with zero attached hydrogens (tertiary/aromatic N) is 1. The van der Waals surface area contributed by atoms with Crippen molar-refractivity contribution < 1.29 is 4.79 Å². The third kappa shape index (κ3) is 2.32. The molecule has 17 heavy (non-hydrogen) atoms. The number of nitrogens with two attached hydrogens (primary N) is 1. The zero-order valence-electron chi connectivity index (χ0n) is 10.1. The Balaban J connectivity index is 2.29. The minimum atomic E-state index is 0.0704. The van der Waals surface area contributed by atoms with Crippen LogP contribution in [0.4, 0.5) is 5.69 Å². The number of anilines is 1. The maximum atomic E-state index is 12.4. The van der Waals surface area contributed by atoms with Gasteiger partial charge in [0.1, 0.15) is 0 Å². The normalized spacial score (nSPS) is 24.1. The molecule has 1 amide bonds.